The van der Waals surface area contributed by atoms with Gasteiger partial charge in [0.05, 0.1) is 13.2 Å². The van der Waals surface area contributed by atoms with Crippen LogP contribution in [0, 0.1) is 12.7 Å². The van der Waals surface area contributed by atoms with Crippen LogP contribution in [0.5, 0.6) is 0 Å². The van der Waals surface area contributed by atoms with Gasteiger partial charge in [-0.25, -0.2) is 4.39 Å². The predicted molar refractivity (Wildman–Crippen MR) is 76.9 cm³/mol. The van der Waals surface area contributed by atoms with Crippen molar-refractivity contribution in [3.8, 4) is 0 Å². The van der Waals surface area contributed by atoms with Crippen LogP contribution in [0.4, 0.5) is 4.39 Å². The van der Waals surface area contributed by atoms with Crippen LogP contribution in [0.2, 0.25) is 0 Å². The summed E-state index contributed by atoms with van der Waals surface area (Å²) in [4.78, 5) is 2.09. The summed E-state index contributed by atoms with van der Waals surface area (Å²) in [6.07, 6.45) is 0. The van der Waals surface area contributed by atoms with E-state index in [4.69, 9.17) is 4.74 Å². The quantitative estimate of drug-likeness (QED) is 0.733. The lowest BCUT2D eigenvalue weighted by Crippen LogP contribution is -2.25. The van der Waals surface area contributed by atoms with Crippen LogP contribution in [0.1, 0.15) is 24.1 Å². The van der Waals surface area contributed by atoms with Crippen LogP contribution in [0.3, 0.4) is 0 Å². The third-order valence-electron chi connectivity index (χ3n) is 3.08. The molecule has 19 heavy (non-hydrogen) atoms. The number of nitrogens with zero attached hydrogens (tertiary/aromatic N) is 1. The topological polar surface area (TPSA) is 24.5 Å². The Bertz CT molecular complexity index is 382. The molecule has 0 spiro atoms. The maximum atomic E-state index is 13.4. The Morgan fingerprint density at radius 3 is 2.68 bits per heavy atom. The molecule has 4 heteroatoms. The highest BCUT2D eigenvalue weighted by Gasteiger charge is 2.06. The normalized spacial score (nSPS) is 12.9. The van der Waals surface area contributed by atoms with Gasteiger partial charge in [0.1, 0.15) is 5.82 Å². The van der Waals surface area contributed by atoms with Crippen LogP contribution < -0.4 is 5.32 Å². The van der Waals surface area contributed by atoms with Crippen molar-refractivity contribution in [3.05, 3.63) is 35.1 Å². The van der Waals surface area contributed by atoms with Crippen LogP contribution in [-0.4, -0.2) is 45.3 Å². The largest absolute Gasteiger partial charge is 0.379 e. The first-order chi connectivity index (χ1) is 9.00. The van der Waals surface area contributed by atoms with E-state index < -0.39 is 0 Å². The zero-order valence-electron chi connectivity index (χ0n) is 12.4. The number of hydrogen-bond donors (Lipinski definition) is 1. The van der Waals surface area contributed by atoms with Gasteiger partial charge in [-0.1, -0.05) is 12.1 Å². The Balaban J connectivity index is 2.23. The fourth-order valence-corrected chi connectivity index (χ4v) is 1.69. The molecule has 0 amide bonds. The second kappa shape index (κ2) is 8.25. The van der Waals surface area contributed by atoms with Crippen molar-refractivity contribution in [2.45, 2.75) is 19.9 Å². The Hall–Kier alpha value is -0.970. The molecule has 0 aliphatic carbocycles. The standard InChI is InChI=1S/C15H25FN2O/c1-12-5-6-14(11-15(12)16)13(2)17-7-9-19-10-8-18(3)4/h5-6,11,13,17H,7-10H2,1-4H3. The Kier molecular flexibility index (Phi) is 6.99. The minimum atomic E-state index is -0.145. The third kappa shape index (κ3) is 6.14. The summed E-state index contributed by atoms with van der Waals surface area (Å²) in [6, 6.07) is 5.51. The van der Waals surface area contributed by atoms with Gasteiger partial charge >= 0.3 is 0 Å². The second-order valence-corrected chi connectivity index (χ2v) is 5.10. The summed E-state index contributed by atoms with van der Waals surface area (Å²) in [5, 5.41) is 3.33. The molecule has 1 aromatic rings. The summed E-state index contributed by atoms with van der Waals surface area (Å²) in [7, 11) is 4.05. The molecule has 1 atom stereocenters. The van der Waals surface area contributed by atoms with E-state index in [-0.39, 0.29) is 11.9 Å². The number of likely N-dealkylation sites (N-methyl/N-ethyl adjacent to an activating group) is 1. The highest BCUT2D eigenvalue weighted by Crippen LogP contribution is 2.15. The van der Waals surface area contributed by atoms with Crippen molar-refractivity contribution in [2.24, 2.45) is 0 Å². The first kappa shape index (κ1) is 16.1. The van der Waals surface area contributed by atoms with Gasteiger partial charge in [-0.2, -0.15) is 0 Å². The summed E-state index contributed by atoms with van der Waals surface area (Å²) in [5.41, 5.74) is 1.65. The van der Waals surface area contributed by atoms with Gasteiger partial charge in [0.2, 0.25) is 0 Å². The van der Waals surface area contributed by atoms with Crippen LogP contribution in [0.15, 0.2) is 18.2 Å². The van der Waals surface area contributed by atoms with Crippen molar-refractivity contribution in [2.75, 3.05) is 40.4 Å². The summed E-state index contributed by atoms with van der Waals surface area (Å²) < 4.78 is 18.9. The highest BCUT2D eigenvalue weighted by atomic mass is 19.1. The molecule has 108 valence electrons. The smallest absolute Gasteiger partial charge is 0.126 e. The van der Waals surface area contributed by atoms with Crippen LogP contribution >= 0.6 is 0 Å². The van der Waals surface area contributed by atoms with E-state index in [1.54, 1.807) is 13.0 Å². The first-order valence-electron chi connectivity index (χ1n) is 6.72. The van der Waals surface area contributed by atoms with Crippen molar-refractivity contribution < 1.29 is 9.13 Å². The average molecular weight is 268 g/mol. The molecule has 1 aromatic carbocycles. The molecule has 1 rings (SSSR count). The van der Waals surface area contributed by atoms with Gasteiger partial charge in [-0.15, -0.1) is 0 Å². The third-order valence-corrected chi connectivity index (χ3v) is 3.08. The van der Waals surface area contributed by atoms with E-state index in [0.29, 0.717) is 12.2 Å². The molecule has 0 radical (unpaired) electrons. The van der Waals surface area contributed by atoms with E-state index in [0.717, 1.165) is 25.3 Å². The fraction of sp³-hybridized carbons (Fsp3) is 0.600. The van der Waals surface area contributed by atoms with E-state index in [1.807, 2.05) is 33.2 Å². The fourth-order valence-electron chi connectivity index (χ4n) is 1.69. The lowest BCUT2D eigenvalue weighted by molar-refractivity contribution is 0.118. The Labute approximate surface area is 115 Å². The van der Waals surface area contributed by atoms with Gasteiger partial charge < -0.3 is 15.0 Å². The van der Waals surface area contributed by atoms with Crippen molar-refractivity contribution in [1.82, 2.24) is 10.2 Å². The van der Waals surface area contributed by atoms with E-state index in [2.05, 4.69) is 10.2 Å². The average Bonchev–Trinajstić information content (AvgIpc) is 2.36. The zero-order valence-corrected chi connectivity index (χ0v) is 12.4. The van der Waals surface area contributed by atoms with Crippen molar-refractivity contribution in [1.29, 1.82) is 0 Å². The monoisotopic (exact) mass is 268 g/mol. The van der Waals surface area contributed by atoms with Crippen molar-refractivity contribution in [3.63, 3.8) is 0 Å². The minimum absolute atomic E-state index is 0.132. The maximum absolute atomic E-state index is 13.4. The van der Waals surface area contributed by atoms with E-state index >= 15 is 0 Å². The number of rotatable bonds is 8. The van der Waals surface area contributed by atoms with Gasteiger partial charge in [0, 0.05) is 19.1 Å². The molecule has 0 aliphatic rings. The lowest BCUT2D eigenvalue weighted by Gasteiger charge is -2.15. The SMILES string of the molecule is Cc1ccc(C(C)NCCOCCN(C)C)cc1F. The minimum Gasteiger partial charge on any atom is -0.379 e. The molecule has 1 N–H and O–H groups in total. The Morgan fingerprint density at radius 2 is 2.05 bits per heavy atom. The number of nitrogens with one attached hydrogen (secondary N) is 1. The molecule has 1 unspecified atom stereocenters. The number of halogens is 1. The van der Waals surface area contributed by atoms with Gasteiger partial charge in [-0.3, -0.25) is 0 Å². The molecular weight excluding hydrogens is 243 g/mol. The predicted octanol–water partition coefficient (Wildman–Crippen LogP) is 2.36. The van der Waals surface area contributed by atoms with Crippen LogP contribution in [0.25, 0.3) is 0 Å². The number of aryl methyl sites for hydroxylation is 1. The van der Waals surface area contributed by atoms with E-state index in [9.17, 15) is 4.39 Å². The molecule has 0 fully saturated rings. The molecular formula is C15H25FN2O. The summed E-state index contributed by atoms with van der Waals surface area (Å²) in [5.74, 6) is -0.145. The summed E-state index contributed by atoms with van der Waals surface area (Å²) >= 11 is 0. The van der Waals surface area contributed by atoms with Gasteiger partial charge in [-0.05, 0) is 45.1 Å². The van der Waals surface area contributed by atoms with Crippen molar-refractivity contribution >= 4 is 0 Å². The number of hydrogen-bond acceptors (Lipinski definition) is 3. The van der Waals surface area contributed by atoms with Crippen LogP contribution in [-0.2, 0) is 4.74 Å². The molecule has 0 saturated heterocycles. The molecule has 0 heterocycles. The molecule has 0 aromatic heterocycles. The zero-order chi connectivity index (χ0) is 14.3. The van der Waals surface area contributed by atoms with Gasteiger partial charge in [0.25, 0.3) is 0 Å². The summed E-state index contributed by atoms with van der Waals surface area (Å²) in [6.45, 7) is 6.91. The first-order valence-corrected chi connectivity index (χ1v) is 6.72. The van der Waals surface area contributed by atoms with Gasteiger partial charge in [0.15, 0.2) is 0 Å². The number of benzene rings is 1. The highest BCUT2D eigenvalue weighted by molar-refractivity contribution is 5.25. The lowest BCUT2D eigenvalue weighted by atomic mass is 10.1. The molecule has 0 bridgehead atoms. The molecule has 0 saturated carbocycles. The second-order valence-electron chi connectivity index (χ2n) is 5.10. The number of ether oxygens (including phenoxy) is 1. The molecule has 3 nitrogen and oxygen atoms in total. The van der Waals surface area contributed by atoms with E-state index in [1.165, 1.54) is 0 Å². The maximum Gasteiger partial charge on any atom is 0.126 e. The Morgan fingerprint density at radius 1 is 1.32 bits per heavy atom. The molecule has 0 aliphatic heterocycles.